The van der Waals surface area contributed by atoms with Crippen molar-refractivity contribution in [2.24, 2.45) is 5.92 Å². The summed E-state index contributed by atoms with van der Waals surface area (Å²) in [7, 11) is 3.16. The Morgan fingerprint density at radius 1 is 1.31 bits per heavy atom. The van der Waals surface area contributed by atoms with Crippen molar-refractivity contribution in [3.63, 3.8) is 0 Å². The number of methoxy groups -OCH3 is 2. The Bertz CT molecular complexity index is 1110. The summed E-state index contributed by atoms with van der Waals surface area (Å²) in [5.41, 5.74) is 3.23. The number of nitrogens with zero attached hydrogens (tertiary/aromatic N) is 3. The topological polar surface area (TPSA) is 78.3 Å². The Kier molecular flexibility index (Phi) is 7.05. The van der Waals surface area contributed by atoms with Crippen molar-refractivity contribution in [1.29, 1.82) is 0 Å². The molecule has 2 aromatic heterocycles. The number of amides is 1. The summed E-state index contributed by atoms with van der Waals surface area (Å²) in [6, 6.07) is 5.30. The lowest BCUT2D eigenvalue weighted by atomic mass is 9.88. The molecule has 1 aliphatic rings. The molecule has 1 N–H and O–H groups in total. The number of carbonyl (C=O) groups is 1. The van der Waals surface area contributed by atoms with Crippen LogP contribution >= 0.6 is 23.1 Å². The first-order valence-corrected chi connectivity index (χ1v) is 12.6. The first kappa shape index (κ1) is 22.7. The molecule has 0 saturated heterocycles. The quantitative estimate of drug-likeness (QED) is 0.470. The summed E-state index contributed by atoms with van der Waals surface area (Å²) in [5, 5.41) is 14.8. The minimum absolute atomic E-state index is 0.132. The van der Waals surface area contributed by atoms with Crippen molar-refractivity contribution in [2.45, 2.75) is 44.8 Å². The Morgan fingerprint density at radius 2 is 2.16 bits per heavy atom. The zero-order chi connectivity index (χ0) is 22.7. The molecule has 9 heteroatoms. The average Bonchev–Trinajstić information content (AvgIpc) is 3.40. The monoisotopic (exact) mass is 472 g/mol. The molecule has 0 bridgehead atoms. The second-order valence-corrected chi connectivity index (χ2v) is 9.76. The average molecular weight is 473 g/mol. The fourth-order valence-electron chi connectivity index (χ4n) is 3.96. The van der Waals surface area contributed by atoms with E-state index >= 15 is 0 Å². The third-order valence-electron chi connectivity index (χ3n) is 5.69. The summed E-state index contributed by atoms with van der Waals surface area (Å²) in [6.45, 7) is 5.15. The zero-order valence-corrected chi connectivity index (χ0v) is 20.4. The summed E-state index contributed by atoms with van der Waals surface area (Å²) in [6.07, 6.45) is 3.46. The molecule has 0 fully saturated rings. The van der Waals surface area contributed by atoms with Crippen LogP contribution in [0.25, 0.3) is 11.4 Å². The number of ether oxygens (including phenoxy) is 2. The second kappa shape index (κ2) is 9.95. The lowest BCUT2D eigenvalue weighted by Crippen LogP contribution is -2.15. The van der Waals surface area contributed by atoms with Gasteiger partial charge in [-0.1, -0.05) is 18.7 Å². The standard InChI is InChI=1S/C23H28N4O3S2/c1-5-27-22(17-12-31-20-10-14(2)6-8-16(17)20)25-26-23(27)32-13-21(28)24-18-9-7-15(29-3)11-19(18)30-4/h7,9,11-12,14H,5-6,8,10,13H2,1-4H3,(H,24,28). The van der Waals surface area contributed by atoms with Crippen LogP contribution in [0, 0.1) is 5.92 Å². The number of carbonyl (C=O) groups excluding carboxylic acids is 1. The van der Waals surface area contributed by atoms with E-state index in [0.29, 0.717) is 17.2 Å². The molecular weight excluding hydrogens is 444 g/mol. The lowest BCUT2D eigenvalue weighted by molar-refractivity contribution is -0.113. The molecule has 4 rings (SSSR count). The third kappa shape index (κ3) is 4.63. The van der Waals surface area contributed by atoms with Crippen molar-refractivity contribution >= 4 is 34.7 Å². The first-order chi connectivity index (χ1) is 15.5. The minimum Gasteiger partial charge on any atom is -0.497 e. The number of rotatable bonds is 8. The number of thiophene rings is 1. The molecule has 0 spiro atoms. The predicted molar refractivity (Wildman–Crippen MR) is 129 cm³/mol. The van der Waals surface area contributed by atoms with Gasteiger partial charge < -0.3 is 19.4 Å². The molecule has 3 aromatic rings. The van der Waals surface area contributed by atoms with E-state index in [1.54, 1.807) is 32.4 Å². The first-order valence-electron chi connectivity index (χ1n) is 10.7. The maximum Gasteiger partial charge on any atom is 0.234 e. The number of benzene rings is 1. The van der Waals surface area contributed by atoms with E-state index in [-0.39, 0.29) is 11.7 Å². The molecule has 0 aliphatic heterocycles. The van der Waals surface area contributed by atoms with Crippen LogP contribution in [-0.2, 0) is 24.2 Å². The van der Waals surface area contributed by atoms with Crippen LogP contribution in [0.15, 0.2) is 28.7 Å². The fourth-order valence-corrected chi connectivity index (χ4v) is 6.01. The van der Waals surface area contributed by atoms with Crippen molar-refractivity contribution in [3.05, 3.63) is 34.0 Å². The van der Waals surface area contributed by atoms with Crippen molar-refractivity contribution < 1.29 is 14.3 Å². The summed E-state index contributed by atoms with van der Waals surface area (Å²) in [4.78, 5) is 14.1. The predicted octanol–water partition coefficient (Wildman–Crippen LogP) is 4.90. The van der Waals surface area contributed by atoms with E-state index in [0.717, 1.165) is 36.3 Å². The molecule has 1 aliphatic carbocycles. The molecule has 0 saturated carbocycles. The van der Waals surface area contributed by atoms with Gasteiger partial charge in [-0.25, -0.2) is 0 Å². The largest absolute Gasteiger partial charge is 0.497 e. The van der Waals surface area contributed by atoms with Gasteiger partial charge in [0.05, 0.1) is 25.7 Å². The molecule has 1 atom stereocenters. The van der Waals surface area contributed by atoms with Crippen LogP contribution in [0.4, 0.5) is 5.69 Å². The maximum atomic E-state index is 12.6. The van der Waals surface area contributed by atoms with Crippen molar-refractivity contribution in [1.82, 2.24) is 14.8 Å². The van der Waals surface area contributed by atoms with Crippen LogP contribution in [0.3, 0.4) is 0 Å². The molecule has 0 radical (unpaired) electrons. The highest BCUT2D eigenvalue weighted by molar-refractivity contribution is 7.99. The molecular formula is C23H28N4O3S2. The van der Waals surface area contributed by atoms with Gasteiger partial charge in [-0.2, -0.15) is 0 Å². The third-order valence-corrected chi connectivity index (χ3v) is 7.71. The number of nitrogens with one attached hydrogen (secondary N) is 1. The van der Waals surface area contributed by atoms with E-state index in [2.05, 4.69) is 39.3 Å². The van der Waals surface area contributed by atoms with Gasteiger partial charge in [0.2, 0.25) is 5.91 Å². The van der Waals surface area contributed by atoms with Crippen molar-refractivity contribution in [2.75, 3.05) is 25.3 Å². The number of anilines is 1. The van der Waals surface area contributed by atoms with Gasteiger partial charge in [0.1, 0.15) is 11.5 Å². The molecule has 2 heterocycles. The Morgan fingerprint density at radius 3 is 2.91 bits per heavy atom. The van der Waals surface area contributed by atoms with Crippen molar-refractivity contribution in [3.8, 4) is 22.9 Å². The number of hydrogen-bond acceptors (Lipinski definition) is 7. The minimum atomic E-state index is -0.132. The van der Waals surface area contributed by atoms with Gasteiger partial charge >= 0.3 is 0 Å². The van der Waals surface area contributed by atoms with Gasteiger partial charge in [0.25, 0.3) is 0 Å². The number of fused-ring (bicyclic) bond motifs is 1. The molecule has 1 amide bonds. The van der Waals surface area contributed by atoms with Gasteiger partial charge in [-0.3, -0.25) is 4.79 Å². The van der Waals surface area contributed by atoms with E-state index in [9.17, 15) is 4.79 Å². The lowest BCUT2D eigenvalue weighted by Gasteiger charge is -2.19. The van der Waals surface area contributed by atoms with Crippen LogP contribution < -0.4 is 14.8 Å². The number of thioether (sulfide) groups is 1. The Balaban J connectivity index is 1.46. The van der Waals surface area contributed by atoms with E-state index < -0.39 is 0 Å². The van der Waals surface area contributed by atoms with E-state index in [4.69, 9.17) is 9.47 Å². The second-order valence-electron chi connectivity index (χ2n) is 7.85. The fraction of sp³-hybridized carbons (Fsp3) is 0.435. The summed E-state index contributed by atoms with van der Waals surface area (Å²) >= 11 is 3.22. The summed E-state index contributed by atoms with van der Waals surface area (Å²) in [5.74, 6) is 2.96. The van der Waals surface area contributed by atoms with Crippen LogP contribution in [-0.4, -0.2) is 40.6 Å². The molecule has 170 valence electrons. The Hall–Kier alpha value is -2.52. The molecule has 1 unspecified atom stereocenters. The van der Waals surface area contributed by atoms with Gasteiger partial charge in [-0.15, -0.1) is 21.5 Å². The van der Waals surface area contributed by atoms with Gasteiger partial charge in [-0.05, 0) is 49.8 Å². The SMILES string of the molecule is CCn1c(SCC(=O)Nc2ccc(OC)cc2OC)nnc1-c1csc2c1CCC(C)C2. The highest BCUT2D eigenvalue weighted by Crippen LogP contribution is 2.38. The normalized spacial score (nSPS) is 15.3. The van der Waals surface area contributed by atoms with E-state index in [1.165, 1.54) is 34.2 Å². The van der Waals surface area contributed by atoms with Crippen LogP contribution in [0.5, 0.6) is 11.5 Å². The molecule has 32 heavy (non-hydrogen) atoms. The van der Waals surface area contributed by atoms with E-state index in [1.807, 2.05) is 11.3 Å². The Labute approximate surface area is 196 Å². The highest BCUT2D eigenvalue weighted by Gasteiger charge is 2.24. The smallest absolute Gasteiger partial charge is 0.234 e. The van der Waals surface area contributed by atoms with Gasteiger partial charge in [0.15, 0.2) is 11.0 Å². The zero-order valence-electron chi connectivity index (χ0n) is 18.8. The highest BCUT2D eigenvalue weighted by atomic mass is 32.2. The number of aromatic nitrogens is 3. The van der Waals surface area contributed by atoms with Crippen LogP contribution in [0.2, 0.25) is 0 Å². The van der Waals surface area contributed by atoms with Gasteiger partial charge in [0, 0.05) is 28.4 Å². The molecule has 7 nitrogen and oxygen atoms in total. The maximum absolute atomic E-state index is 12.6. The summed E-state index contributed by atoms with van der Waals surface area (Å²) < 4.78 is 12.7. The molecule has 1 aromatic carbocycles. The van der Waals surface area contributed by atoms with Crippen LogP contribution in [0.1, 0.15) is 30.7 Å². The number of hydrogen-bond donors (Lipinski definition) is 1.